The lowest BCUT2D eigenvalue weighted by atomic mass is 10.3. The first-order valence-electron chi connectivity index (χ1n) is 9.57. The van der Waals surface area contributed by atoms with Gasteiger partial charge in [0.1, 0.15) is 11.6 Å². The number of sulfone groups is 1. The van der Waals surface area contributed by atoms with Crippen molar-refractivity contribution in [2.75, 3.05) is 26.6 Å². The van der Waals surface area contributed by atoms with Crippen LogP contribution in [0, 0.1) is 5.82 Å². The van der Waals surface area contributed by atoms with E-state index < -0.39 is 21.6 Å². The number of fused-ring (bicyclic) bond motifs is 1. The average molecular weight is 467 g/mol. The zero-order chi connectivity index (χ0) is 22.4. The van der Waals surface area contributed by atoms with Gasteiger partial charge < -0.3 is 14.0 Å². The molecular formula is C21H23FN2O5S2. The molecule has 0 N–H and O–H groups in total. The summed E-state index contributed by atoms with van der Waals surface area (Å²) in [6, 6.07) is 10.8. The summed E-state index contributed by atoms with van der Waals surface area (Å²) in [5, 5.41) is 0. The zero-order valence-corrected chi connectivity index (χ0v) is 18.8. The third-order valence-electron chi connectivity index (χ3n) is 4.61. The quantitative estimate of drug-likeness (QED) is 0.483. The molecule has 0 bridgehead atoms. The molecule has 166 valence electrons. The van der Waals surface area contributed by atoms with E-state index in [1.54, 1.807) is 28.8 Å². The number of nitrogens with zero attached hydrogens (tertiary/aromatic N) is 2. The van der Waals surface area contributed by atoms with E-state index in [0.29, 0.717) is 33.9 Å². The van der Waals surface area contributed by atoms with Crippen LogP contribution in [0.1, 0.15) is 12.8 Å². The smallest absolute Gasteiger partial charge is 0.248 e. The molecular weight excluding hydrogens is 443 g/mol. The molecule has 1 heterocycles. The number of benzene rings is 2. The summed E-state index contributed by atoms with van der Waals surface area (Å²) in [5.41, 5.74) is 0.373. The van der Waals surface area contributed by atoms with Crippen molar-refractivity contribution in [2.45, 2.75) is 24.3 Å². The van der Waals surface area contributed by atoms with Crippen molar-refractivity contribution >= 4 is 37.3 Å². The molecule has 0 saturated heterocycles. The summed E-state index contributed by atoms with van der Waals surface area (Å²) >= 11 is 1.21. The summed E-state index contributed by atoms with van der Waals surface area (Å²) in [4.78, 5) is 17.0. The van der Waals surface area contributed by atoms with E-state index in [2.05, 4.69) is 4.99 Å². The molecule has 2 aromatic carbocycles. The van der Waals surface area contributed by atoms with Crippen molar-refractivity contribution in [1.29, 1.82) is 0 Å². The molecule has 7 nitrogen and oxygen atoms in total. The van der Waals surface area contributed by atoms with Crippen molar-refractivity contribution in [3.63, 3.8) is 0 Å². The Morgan fingerprint density at radius 2 is 1.90 bits per heavy atom. The number of ether oxygens (including phenoxy) is 2. The fraction of sp³-hybridized carbons (Fsp3) is 0.333. The Morgan fingerprint density at radius 1 is 1.16 bits per heavy atom. The van der Waals surface area contributed by atoms with Crippen LogP contribution in [0.25, 0.3) is 10.2 Å². The number of methoxy groups -OCH3 is 2. The van der Waals surface area contributed by atoms with Gasteiger partial charge in [-0.3, -0.25) is 4.79 Å². The van der Waals surface area contributed by atoms with Gasteiger partial charge in [0, 0.05) is 20.1 Å². The van der Waals surface area contributed by atoms with E-state index in [1.165, 1.54) is 43.8 Å². The van der Waals surface area contributed by atoms with Crippen LogP contribution in [0.5, 0.6) is 5.75 Å². The molecule has 0 atom stereocenters. The summed E-state index contributed by atoms with van der Waals surface area (Å²) < 4.78 is 51.6. The van der Waals surface area contributed by atoms with E-state index >= 15 is 0 Å². The Labute approximate surface area is 183 Å². The maximum absolute atomic E-state index is 14.3. The highest BCUT2D eigenvalue weighted by molar-refractivity contribution is 7.91. The van der Waals surface area contributed by atoms with Gasteiger partial charge in [0.2, 0.25) is 5.91 Å². The molecule has 10 heteroatoms. The van der Waals surface area contributed by atoms with Crippen LogP contribution in [0.4, 0.5) is 4.39 Å². The first kappa shape index (κ1) is 23.1. The molecule has 0 aliphatic rings. The van der Waals surface area contributed by atoms with Crippen molar-refractivity contribution in [1.82, 2.24) is 4.57 Å². The highest BCUT2D eigenvalue weighted by atomic mass is 32.2. The van der Waals surface area contributed by atoms with Gasteiger partial charge in [-0.1, -0.05) is 17.4 Å². The van der Waals surface area contributed by atoms with Crippen molar-refractivity contribution in [2.24, 2.45) is 4.99 Å². The first-order valence-corrected chi connectivity index (χ1v) is 12.0. The first-order chi connectivity index (χ1) is 14.9. The summed E-state index contributed by atoms with van der Waals surface area (Å²) in [6.07, 6.45) is 0.102. The topological polar surface area (TPSA) is 87.0 Å². The Morgan fingerprint density at radius 3 is 2.58 bits per heavy atom. The van der Waals surface area contributed by atoms with Crippen LogP contribution < -0.4 is 9.54 Å². The summed E-state index contributed by atoms with van der Waals surface area (Å²) in [5.74, 6) is -0.465. The van der Waals surface area contributed by atoms with Crippen LogP contribution >= 0.6 is 11.3 Å². The minimum atomic E-state index is -3.52. The van der Waals surface area contributed by atoms with Crippen LogP contribution in [0.15, 0.2) is 52.4 Å². The molecule has 0 unspecified atom stereocenters. The number of carbonyl (C=O) groups is 1. The molecule has 0 fully saturated rings. The van der Waals surface area contributed by atoms with Gasteiger partial charge >= 0.3 is 0 Å². The molecule has 0 aliphatic carbocycles. The number of hydrogen-bond acceptors (Lipinski definition) is 6. The minimum absolute atomic E-state index is 0.0314. The number of aromatic nitrogens is 1. The SMILES string of the molecule is COCCn1c(=NC(=O)CCCS(=O)(=O)c2ccc(OC)cc2)sc2cccc(F)c21. The Bertz CT molecular complexity index is 1230. The number of para-hydroxylation sites is 1. The van der Waals surface area contributed by atoms with E-state index in [4.69, 9.17) is 9.47 Å². The van der Waals surface area contributed by atoms with Crippen LogP contribution in [-0.2, 0) is 25.9 Å². The summed E-state index contributed by atoms with van der Waals surface area (Å²) in [6.45, 7) is 0.678. The molecule has 1 aromatic heterocycles. The third-order valence-corrected chi connectivity index (χ3v) is 7.47. The Balaban J connectivity index is 1.73. The fourth-order valence-electron chi connectivity index (χ4n) is 3.04. The lowest BCUT2D eigenvalue weighted by molar-refractivity contribution is -0.118. The van der Waals surface area contributed by atoms with Crippen molar-refractivity contribution < 1.29 is 27.1 Å². The average Bonchev–Trinajstić information content (AvgIpc) is 3.10. The van der Waals surface area contributed by atoms with Crippen LogP contribution in [-0.4, -0.2) is 45.5 Å². The second-order valence-electron chi connectivity index (χ2n) is 6.72. The normalized spacial score (nSPS) is 12.4. The van der Waals surface area contributed by atoms with Gasteiger partial charge in [-0.2, -0.15) is 4.99 Å². The van der Waals surface area contributed by atoms with Crippen molar-refractivity contribution in [3.8, 4) is 5.75 Å². The van der Waals surface area contributed by atoms with E-state index in [-0.39, 0.29) is 23.5 Å². The molecule has 0 saturated carbocycles. The van der Waals surface area contributed by atoms with Gasteiger partial charge in [0.05, 0.1) is 34.6 Å². The standard InChI is InChI=1S/C21H23FN2O5S2/c1-28-13-12-24-20-17(22)5-3-6-18(20)30-21(24)23-19(25)7-4-14-31(26,27)16-10-8-15(29-2)9-11-16/h3,5-6,8-11H,4,7,12-14H2,1-2H3. The lowest BCUT2D eigenvalue weighted by Gasteiger charge is -2.05. The molecule has 0 spiro atoms. The third kappa shape index (κ3) is 5.57. The maximum Gasteiger partial charge on any atom is 0.248 e. The van der Waals surface area contributed by atoms with Gasteiger partial charge in [-0.25, -0.2) is 12.8 Å². The number of hydrogen-bond donors (Lipinski definition) is 0. The molecule has 3 aromatic rings. The highest BCUT2D eigenvalue weighted by Crippen LogP contribution is 2.21. The second-order valence-corrected chi connectivity index (χ2v) is 9.84. The second kappa shape index (κ2) is 10.2. The number of thiazole rings is 1. The molecule has 0 aliphatic heterocycles. The van der Waals surface area contributed by atoms with Gasteiger partial charge in [-0.15, -0.1) is 0 Å². The van der Waals surface area contributed by atoms with Crippen LogP contribution in [0.2, 0.25) is 0 Å². The molecule has 0 radical (unpaired) electrons. The lowest BCUT2D eigenvalue weighted by Crippen LogP contribution is -2.20. The van der Waals surface area contributed by atoms with E-state index in [1.807, 2.05) is 0 Å². The monoisotopic (exact) mass is 466 g/mol. The predicted octanol–water partition coefficient (Wildman–Crippen LogP) is 3.18. The fourth-order valence-corrected chi connectivity index (χ4v) is 5.44. The number of halogens is 1. The van der Waals surface area contributed by atoms with Gasteiger partial charge in [-0.05, 0) is 42.8 Å². The number of amides is 1. The van der Waals surface area contributed by atoms with Crippen LogP contribution in [0.3, 0.4) is 0 Å². The minimum Gasteiger partial charge on any atom is -0.497 e. The largest absolute Gasteiger partial charge is 0.497 e. The Hall–Kier alpha value is -2.56. The molecule has 31 heavy (non-hydrogen) atoms. The summed E-state index contributed by atoms with van der Waals surface area (Å²) in [7, 11) is -0.477. The highest BCUT2D eigenvalue weighted by Gasteiger charge is 2.16. The van der Waals surface area contributed by atoms with Gasteiger partial charge in [0.25, 0.3) is 0 Å². The van der Waals surface area contributed by atoms with E-state index in [0.717, 1.165) is 0 Å². The predicted molar refractivity (Wildman–Crippen MR) is 116 cm³/mol. The maximum atomic E-state index is 14.3. The molecule has 3 rings (SSSR count). The zero-order valence-electron chi connectivity index (χ0n) is 17.2. The van der Waals surface area contributed by atoms with E-state index in [9.17, 15) is 17.6 Å². The number of rotatable bonds is 9. The number of carbonyl (C=O) groups excluding carboxylic acids is 1. The molecule has 1 amide bonds. The van der Waals surface area contributed by atoms with Crippen molar-refractivity contribution in [3.05, 3.63) is 53.1 Å². The Kier molecular flexibility index (Phi) is 7.58. The van der Waals surface area contributed by atoms with Gasteiger partial charge in [0.15, 0.2) is 14.6 Å².